The number of allylic oxidation sites excluding steroid dienone is 1. The molecule has 1 aliphatic rings. The zero-order valence-electron chi connectivity index (χ0n) is 8.32. The second kappa shape index (κ2) is 4.52. The van der Waals surface area contributed by atoms with E-state index in [1.807, 2.05) is 0 Å². The Labute approximate surface area is 76.4 Å². The van der Waals surface area contributed by atoms with Gasteiger partial charge < -0.3 is 0 Å². The first-order valence-corrected chi connectivity index (χ1v) is 4.98. The van der Waals surface area contributed by atoms with Crippen molar-refractivity contribution in [3.63, 3.8) is 0 Å². The molecule has 0 heteroatoms. The molecule has 0 nitrogen and oxygen atoms in total. The van der Waals surface area contributed by atoms with E-state index in [0.717, 1.165) is 5.92 Å². The SMILES string of the molecule is C=C=C(CCCC(C)C)[C]1CC1. The molecule has 0 bridgehead atoms. The van der Waals surface area contributed by atoms with Crippen molar-refractivity contribution in [3.8, 4) is 0 Å². The number of hydrogen-bond acceptors (Lipinski definition) is 0. The van der Waals surface area contributed by atoms with Crippen molar-refractivity contribution in [2.75, 3.05) is 0 Å². The van der Waals surface area contributed by atoms with Crippen LogP contribution in [-0.2, 0) is 0 Å². The number of hydrogen-bond donors (Lipinski definition) is 0. The van der Waals surface area contributed by atoms with Crippen molar-refractivity contribution in [2.24, 2.45) is 5.92 Å². The molecule has 1 rings (SSSR count). The highest BCUT2D eigenvalue weighted by molar-refractivity contribution is 5.31. The summed E-state index contributed by atoms with van der Waals surface area (Å²) in [5.41, 5.74) is 4.48. The molecule has 67 valence electrons. The Morgan fingerprint density at radius 1 is 1.50 bits per heavy atom. The maximum absolute atomic E-state index is 3.74. The fraction of sp³-hybridized carbons (Fsp3) is 0.667. The van der Waals surface area contributed by atoms with E-state index in [2.05, 4.69) is 26.2 Å². The molecule has 0 heterocycles. The Bertz CT molecular complexity index is 178. The minimum absolute atomic E-state index is 0.834. The molecular weight excluding hydrogens is 144 g/mol. The van der Waals surface area contributed by atoms with Gasteiger partial charge in [0.1, 0.15) is 0 Å². The Balaban J connectivity index is 2.16. The summed E-state index contributed by atoms with van der Waals surface area (Å²) >= 11 is 0. The van der Waals surface area contributed by atoms with Crippen LogP contribution in [-0.4, -0.2) is 0 Å². The lowest BCUT2D eigenvalue weighted by Gasteiger charge is -2.04. The Morgan fingerprint density at radius 3 is 2.58 bits per heavy atom. The van der Waals surface area contributed by atoms with E-state index >= 15 is 0 Å². The predicted molar refractivity (Wildman–Crippen MR) is 53.8 cm³/mol. The van der Waals surface area contributed by atoms with E-state index in [4.69, 9.17) is 0 Å². The lowest BCUT2D eigenvalue weighted by atomic mass is 10.0. The van der Waals surface area contributed by atoms with Crippen LogP contribution in [0.3, 0.4) is 0 Å². The number of rotatable bonds is 5. The second-order valence-electron chi connectivity index (χ2n) is 4.04. The van der Waals surface area contributed by atoms with E-state index in [1.165, 1.54) is 37.7 Å². The Morgan fingerprint density at radius 2 is 2.17 bits per heavy atom. The van der Waals surface area contributed by atoms with Gasteiger partial charge >= 0.3 is 0 Å². The normalized spacial score (nSPS) is 16.2. The van der Waals surface area contributed by atoms with E-state index in [-0.39, 0.29) is 0 Å². The molecule has 12 heavy (non-hydrogen) atoms. The molecule has 0 N–H and O–H groups in total. The minimum Gasteiger partial charge on any atom is -0.129 e. The van der Waals surface area contributed by atoms with Crippen LogP contribution in [0.25, 0.3) is 0 Å². The zero-order valence-corrected chi connectivity index (χ0v) is 8.32. The van der Waals surface area contributed by atoms with Gasteiger partial charge in [-0.3, -0.25) is 0 Å². The fourth-order valence-corrected chi connectivity index (χ4v) is 1.44. The Hall–Kier alpha value is -0.480. The first kappa shape index (κ1) is 9.61. The average molecular weight is 163 g/mol. The van der Waals surface area contributed by atoms with Crippen molar-refractivity contribution in [3.05, 3.63) is 23.8 Å². The van der Waals surface area contributed by atoms with Crippen LogP contribution in [0.2, 0.25) is 0 Å². The van der Waals surface area contributed by atoms with Gasteiger partial charge in [0.2, 0.25) is 0 Å². The summed E-state index contributed by atoms with van der Waals surface area (Å²) in [6.45, 7) is 8.30. The highest BCUT2D eigenvalue weighted by atomic mass is 14.3. The highest BCUT2D eigenvalue weighted by Crippen LogP contribution is 2.40. The molecule has 0 aromatic carbocycles. The molecule has 0 aromatic heterocycles. The van der Waals surface area contributed by atoms with Crippen LogP contribution >= 0.6 is 0 Å². The van der Waals surface area contributed by atoms with Crippen molar-refractivity contribution in [2.45, 2.75) is 46.0 Å². The average Bonchev–Trinajstić information content (AvgIpc) is 2.80. The van der Waals surface area contributed by atoms with Crippen molar-refractivity contribution in [1.82, 2.24) is 0 Å². The van der Waals surface area contributed by atoms with Crippen LogP contribution in [0.5, 0.6) is 0 Å². The van der Waals surface area contributed by atoms with Crippen LogP contribution in [0, 0.1) is 11.8 Å². The van der Waals surface area contributed by atoms with Gasteiger partial charge in [-0.05, 0) is 37.2 Å². The monoisotopic (exact) mass is 163 g/mol. The topological polar surface area (TPSA) is 0 Å². The smallest absolute Gasteiger partial charge is 0.00878 e. The van der Waals surface area contributed by atoms with Gasteiger partial charge in [-0.1, -0.05) is 26.8 Å². The van der Waals surface area contributed by atoms with Crippen LogP contribution in [0.15, 0.2) is 17.9 Å². The molecule has 0 unspecified atom stereocenters. The minimum atomic E-state index is 0.834. The summed E-state index contributed by atoms with van der Waals surface area (Å²) in [6.07, 6.45) is 6.45. The third-order valence-corrected chi connectivity index (χ3v) is 2.35. The van der Waals surface area contributed by atoms with Crippen molar-refractivity contribution in [1.29, 1.82) is 0 Å². The summed E-state index contributed by atoms with van der Waals surface area (Å²) in [4.78, 5) is 0. The lowest BCUT2D eigenvalue weighted by molar-refractivity contribution is 0.555. The van der Waals surface area contributed by atoms with Crippen molar-refractivity contribution >= 4 is 0 Å². The van der Waals surface area contributed by atoms with E-state index in [1.54, 1.807) is 5.92 Å². The molecule has 1 aliphatic carbocycles. The highest BCUT2D eigenvalue weighted by Gasteiger charge is 2.25. The Kier molecular flexibility index (Phi) is 3.62. The van der Waals surface area contributed by atoms with Gasteiger partial charge in [-0.2, -0.15) is 0 Å². The standard InChI is InChI=1S/C12H19/c1-4-11(12-8-9-12)7-5-6-10(2)3/h10H,1,5-9H2,2-3H3. The molecular formula is C12H19. The first-order chi connectivity index (χ1) is 5.74. The quantitative estimate of drug-likeness (QED) is 0.539. The molecule has 0 saturated heterocycles. The first-order valence-electron chi connectivity index (χ1n) is 4.98. The molecule has 0 spiro atoms. The van der Waals surface area contributed by atoms with Crippen LogP contribution in [0.1, 0.15) is 46.0 Å². The largest absolute Gasteiger partial charge is 0.129 e. The molecule has 1 saturated carbocycles. The molecule has 0 aromatic rings. The molecule has 1 fully saturated rings. The summed E-state index contributed by atoms with van der Waals surface area (Å²) < 4.78 is 0. The van der Waals surface area contributed by atoms with Gasteiger partial charge in [0.15, 0.2) is 0 Å². The van der Waals surface area contributed by atoms with Crippen LogP contribution in [0.4, 0.5) is 0 Å². The maximum atomic E-state index is 3.74. The van der Waals surface area contributed by atoms with Gasteiger partial charge in [0, 0.05) is 5.92 Å². The zero-order chi connectivity index (χ0) is 8.97. The lowest BCUT2D eigenvalue weighted by Crippen LogP contribution is -1.89. The summed E-state index contributed by atoms with van der Waals surface area (Å²) in [5, 5.41) is 0. The van der Waals surface area contributed by atoms with E-state index in [9.17, 15) is 0 Å². The third-order valence-electron chi connectivity index (χ3n) is 2.35. The molecule has 0 amide bonds. The van der Waals surface area contributed by atoms with E-state index < -0.39 is 0 Å². The molecule has 0 atom stereocenters. The van der Waals surface area contributed by atoms with Gasteiger partial charge in [0.25, 0.3) is 0 Å². The summed E-state index contributed by atoms with van der Waals surface area (Å²) in [5.74, 6) is 2.44. The van der Waals surface area contributed by atoms with Crippen molar-refractivity contribution < 1.29 is 0 Å². The maximum Gasteiger partial charge on any atom is 0.00878 e. The molecule has 0 aliphatic heterocycles. The second-order valence-corrected chi connectivity index (χ2v) is 4.04. The van der Waals surface area contributed by atoms with Gasteiger partial charge in [-0.15, -0.1) is 5.73 Å². The molecule has 1 radical (unpaired) electrons. The fourth-order valence-electron chi connectivity index (χ4n) is 1.44. The summed E-state index contributed by atoms with van der Waals surface area (Å²) in [6, 6.07) is 0. The van der Waals surface area contributed by atoms with Gasteiger partial charge in [-0.25, -0.2) is 0 Å². The van der Waals surface area contributed by atoms with Gasteiger partial charge in [0.05, 0.1) is 0 Å². The van der Waals surface area contributed by atoms with E-state index in [0.29, 0.717) is 0 Å². The third kappa shape index (κ3) is 3.28. The predicted octanol–water partition coefficient (Wildman–Crippen LogP) is 3.89. The summed E-state index contributed by atoms with van der Waals surface area (Å²) in [7, 11) is 0. The van der Waals surface area contributed by atoms with Crippen LogP contribution < -0.4 is 0 Å².